The van der Waals surface area contributed by atoms with Crippen molar-refractivity contribution in [2.45, 2.75) is 51.9 Å². The lowest BCUT2D eigenvalue weighted by Gasteiger charge is -2.27. The van der Waals surface area contributed by atoms with E-state index in [1.54, 1.807) is 12.1 Å². The molecule has 0 aromatic heterocycles. The SMILES string of the molecule is CCC1CCC(CCc2ccc3c(F)c(-c4cc(F)cc(F)c4)ccc3c2)CC1. The van der Waals surface area contributed by atoms with Crippen LogP contribution in [0.5, 0.6) is 0 Å². The molecule has 0 heterocycles. The molecule has 1 saturated carbocycles. The average molecular weight is 396 g/mol. The van der Waals surface area contributed by atoms with Crippen LogP contribution in [0.25, 0.3) is 21.9 Å². The summed E-state index contributed by atoms with van der Waals surface area (Å²) in [6.07, 6.45) is 8.86. The Morgan fingerprint density at radius 2 is 1.48 bits per heavy atom. The first-order valence-corrected chi connectivity index (χ1v) is 10.7. The monoisotopic (exact) mass is 396 g/mol. The Morgan fingerprint density at radius 1 is 0.793 bits per heavy atom. The van der Waals surface area contributed by atoms with Crippen LogP contribution in [0.2, 0.25) is 0 Å². The smallest absolute Gasteiger partial charge is 0.138 e. The zero-order chi connectivity index (χ0) is 20.4. The van der Waals surface area contributed by atoms with Gasteiger partial charge in [-0.05, 0) is 53.3 Å². The number of fused-ring (bicyclic) bond motifs is 1. The summed E-state index contributed by atoms with van der Waals surface area (Å²) in [6, 6.07) is 12.4. The van der Waals surface area contributed by atoms with Crippen molar-refractivity contribution >= 4 is 10.8 Å². The summed E-state index contributed by atoms with van der Waals surface area (Å²) < 4.78 is 42.1. The molecule has 1 aliphatic rings. The highest BCUT2D eigenvalue weighted by atomic mass is 19.1. The molecule has 29 heavy (non-hydrogen) atoms. The van der Waals surface area contributed by atoms with E-state index in [0.717, 1.165) is 41.8 Å². The highest BCUT2D eigenvalue weighted by Crippen LogP contribution is 2.34. The Labute approximate surface area is 170 Å². The third kappa shape index (κ3) is 4.49. The van der Waals surface area contributed by atoms with Crippen molar-refractivity contribution in [3.8, 4) is 11.1 Å². The topological polar surface area (TPSA) is 0 Å². The molecular formula is C26H27F3. The van der Waals surface area contributed by atoms with E-state index in [1.165, 1.54) is 44.1 Å². The van der Waals surface area contributed by atoms with Gasteiger partial charge in [-0.2, -0.15) is 0 Å². The van der Waals surface area contributed by atoms with Crippen molar-refractivity contribution in [3.05, 3.63) is 71.5 Å². The molecule has 3 heteroatoms. The van der Waals surface area contributed by atoms with Gasteiger partial charge in [0.2, 0.25) is 0 Å². The van der Waals surface area contributed by atoms with Gasteiger partial charge in [0.15, 0.2) is 0 Å². The lowest BCUT2D eigenvalue weighted by atomic mass is 9.78. The quantitative estimate of drug-likeness (QED) is 0.409. The third-order valence-corrected chi connectivity index (χ3v) is 6.58. The van der Waals surface area contributed by atoms with Gasteiger partial charge in [0.05, 0.1) is 0 Å². The van der Waals surface area contributed by atoms with E-state index in [0.29, 0.717) is 5.39 Å². The summed E-state index contributed by atoms with van der Waals surface area (Å²) in [4.78, 5) is 0. The molecular weight excluding hydrogens is 369 g/mol. The van der Waals surface area contributed by atoms with E-state index in [1.807, 2.05) is 18.2 Å². The normalized spacial score (nSPS) is 19.6. The lowest BCUT2D eigenvalue weighted by molar-refractivity contribution is 0.259. The van der Waals surface area contributed by atoms with Gasteiger partial charge in [-0.15, -0.1) is 0 Å². The van der Waals surface area contributed by atoms with Crippen LogP contribution >= 0.6 is 0 Å². The summed E-state index contributed by atoms with van der Waals surface area (Å²) in [7, 11) is 0. The van der Waals surface area contributed by atoms with Crippen molar-refractivity contribution in [1.82, 2.24) is 0 Å². The maximum atomic E-state index is 15.1. The standard InChI is InChI=1S/C26H27F3/c1-2-17-3-5-18(6-4-17)7-8-19-9-11-24-20(13-19)10-12-25(26(24)29)21-14-22(27)16-23(28)15-21/h9-18H,2-8H2,1H3. The summed E-state index contributed by atoms with van der Waals surface area (Å²) in [5.41, 5.74) is 1.66. The van der Waals surface area contributed by atoms with E-state index >= 15 is 4.39 Å². The molecule has 3 aromatic rings. The van der Waals surface area contributed by atoms with Gasteiger partial charge < -0.3 is 0 Å². The van der Waals surface area contributed by atoms with Gasteiger partial charge in [-0.3, -0.25) is 0 Å². The van der Waals surface area contributed by atoms with Crippen LogP contribution in [0.1, 0.15) is 51.0 Å². The molecule has 0 saturated heterocycles. The molecule has 0 N–H and O–H groups in total. The van der Waals surface area contributed by atoms with Crippen LogP contribution in [-0.2, 0) is 6.42 Å². The zero-order valence-electron chi connectivity index (χ0n) is 16.9. The van der Waals surface area contributed by atoms with Gasteiger partial charge >= 0.3 is 0 Å². The first-order chi connectivity index (χ1) is 14.0. The number of halogens is 3. The van der Waals surface area contributed by atoms with Crippen LogP contribution in [0.4, 0.5) is 13.2 Å². The minimum atomic E-state index is -0.706. The van der Waals surface area contributed by atoms with E-state index in [2.05, 4.69) is 6.92 Å². The van der Waals surface area contributed by atoms with Crippen LogP contribution < -0.4 is 0 Å². The van der Waals surface area contributed by atoms with E-state index in [9.17, 15) is 8.78 Å². The van der Waals surface area contributed by atoms with Crippen LogP contribution in [0.3, 0.4) is 0 Å². The zero-order valence-corrected chi connectivity index (χ0v) is 16.9. The van der Waals surface area contributed by atoms with Crippen molar-refractivity contribution < 1.29 is 13.2 Å². The molecule has 0 aliphatic heterocycles. The number of hydrogen-bond donors (Lipinski definition) is 0. The molecule has 0 bridgehead atoms. The number of benzene rings is 3. The van der Waals surface area contributed by atoms with Crippen LogP contribution in [0, 0.1) is 29.3 Å². The van der Waals surface area contributed by atoms with Crippen LogP contribution in [0.15, 0.2) is 48.5 Å². The Balaban J connectivity index is 1.52. The molecule has 152 valence electrons. The Bertz CT molecular complexity index is 980. The molecule has 0 amide bonds. The summed E-state index contributed by atoms with van der Waals surface area (Å²) in [6.45, 7) is 2.29. The Hall–Kier alpha value is -2.29. The summed E-state index contributed by atoms with van der Waals surface area (Å²) in [5, 5.41) is 1.31. The fourth-order valence-corrected chi connectivity index (χ4v) is 4.73. The number of aryl methyl sites for hydroxylation is 1. The maximum absolute atomic E-state index is 15.1. The molecule has 4 rings (SSSR count). The Kier molecular flexibility index (Phi) is 5.94. The second-order valence-corrected chi connectivity index (χ2v) is 8.47. The molecule has 0 spiro atoms. The predicted molar refractivity (Wildman–Crippen MR) is 113 cm³/mol. The maximum Gasteiger partial charge on any atom is 0.138 e. The third-order valence-electron chi connectivity index (χ3n) is 6.58. The molecule has 0 radical (unpaired) electrons. The first-order valence-electron chi connectivity index (χ1n) is 10.7. The van der Waals surface area contributed by atoms with E-state index < -0.39 is 17.5 Å². The van der Waals surface area contributed by atoms with Crippen LogP contribution in [-0.4, -0.2) is 0 Å². The fourth-order valence-electron chi connectivity index (χ4n) is 4.73. The minimum Gasteiger partial charge on any atom is -0.207 e. The number of hydrogen-bond acceptors (Lipinski definition) is 0. The van der Waals surface area contributed by atoms with Gasteiger partial charge in [0.25, 0.3) is 0 Å². The summed E-state index contributed by atoms with van der Waals surface area (Å²) >= 11 is 0. The highest BCUT2D eigenvalue weighted by Gasteiger charge is 2.20. The van der Waals surface area contributed by atoms with E-state index in [4.69, 9.17) is 0 Å². The van der Waals surface area contributed by atoms with Gasteiger partial charge in [0.1, 0.15) is 17.5 Å². The molecule has 3 aromatic carbocycles. The van der Waals surface area contributed by atoms with Gasteiger partial charge in [0, 0.05) is 17.0 Å². The number of rotatable bonds is 5. The molecule has 0 atom stereocenters. The van der Waals surface area contributed by atoms with Gasteiger partial charge in [-0.25, -0.2) is 13.2 Å². The second-order valence-electron chi connectivity index (χ2n) is 8.47. The molecule has 0 nitrogen and oxygen atoms in total. The van der Waals surface area contributed by atoms with Crippen molar-refractivity contribution in [2.24, 2.45) is 11.8 Å². The summed E-state index contributed by atoms with van der Waals surface area (Å²) in [5.74, 6) is -0.131. The highest BCUT2D eigenvalue weighted by molar-refractivity contribution is 5.88. The molecule has 1 aliphatic carbocycles. The van der Waals surface area contributed by atoms with Crippen molar-refractivity contribution in [1.29, 1.82) is 0 Å². The predicted octanol–water partition coefficient (Wildman–Crippen LogP) is 8.07. The van der Waals surface area contributed by atoms with Crippen molar-refractivity contribution in [2.75, 3.05) is 0 Å². The lowest BCUT2D eigenvalue weighted by Crippen LogP contribution is -2.14. The first kappa shape index (κ1) is 20.0. The largest absolute Gasteiger partial charge is 0.207 e. The Morgan fingerprint density at radius 3 is 2.17 bits per heavy atom. The van der Waals surface area contributed by atoms with Crippen molar-refractivity contribution in [3.63, 3.8) is 0 Å². The second kappa shape index (κ2) is 8.61. The minimum absolute atomic E-state index is 0.216. The average Bonchev–Trinajstić information content (AvgIpc) is 2.72. The fraction of sp³-hybridized carbons (Fsp3) is 0.385. The van der Waals surface area contributed by atoms with Gasteiger partial charge in [-0.1, -0.05) is 69.4 Å². The van der Waals surface area contributed by atoms with E-state index in [-0.39, 0.29) is 11.1 Å². The molecule has 0 unspecified atom stereocenters. The molecule has 1 fully saturated rings.